The van der Waals surface area contributed by atoms with Crippen molar-refractivity contribution < 1.29 is 33.0 Å². The van der Waals surface area contributed by atoms with Crippen molar-refractivity contribution in [1.29, 1.82) is 0 Å². The molecule has 11 nitrogen and oxygen atoms in total. The van der Waals surface area contributed by atoms with Gasteiger partial charge in [0.25, 0.3) is 0 Å². The number of hydrogen-bond donors (Lipinski definition) is 2. The average Bonchev–Trinajstić information content (AvgIpc) is 4.10. The Kier molecular flexibility index (Phi) is 12.6. The third-order valence-electron chi connectivity index (χ3n) is 13.7. The molecule has 0 aromatic heterocycles. The van der Waals surface area contributed by atoms with Gasteiger partial charge in [-0.25, -0.2) is 14.0 Å². The fourth-order valence-corrected chi connectivity index (χ4v) is 10.3. The number of fused-ring (bicyclic) bond motifs is 3. The first-order valence-electron chi connectivity index (χ1n) is 23.2. The number of morpholine rings is 1. The van der Waals surface area contributed by atoms with Crippen molar-refractivity contribution in [3.8, 4) is 11.1 Å². The Bertz CT molecular complexity index is 2710. The van der Waals surface area contributed by atoms with Gasteiger partial charge in [-0.1, -0.05) is 146 Å². The molecule has 12 heteroatoms. The lowest BCUT2D eigenvalue weighted by Gasteiger charge is -2.39. The highest BCUT2D eigenvalue weighted by molar-refractivity contribution is 5.91. The van der Waals surface area contributed by atoms with Crippen molar-refractivity contribution in [3.05, 3.63) is 203 Å². The number of nitrogens with one attached hydrogen (secondary N) is 2. The lowest BCUT2D eigenvalue weighted by Crippen LogP contribution is -2.52. The first-order chi connectivity index (χ1) is 33.3. The number of nitrogens with zero attached hydrogens (tertiary/aromatic N) is 3. The number of carbonyl (C=O) groups excluding carboxylic acids is 3. The number of amides is 3. The van der Waals surface area contributed by atoms with Crippen LogP contribution in [0.15, 0.2) is 174 Å². The number of halogens is 1. The van der Waals surface area contributed by atoms with E-state index < -0.39 is 47.5 Å². The second kappa shape index (κ2) is 19.3. The van der Waals surface area contributed by atoms with Crippen LogP contribution in [0.1, 0.15) is 47.1 Å². The number of aliphatic imine (C=N–C) groups is 1. The van der Waals surface area contributed by atoms with Crippen LogP contribution in [-0.4, -0.2) is 82.0 Å². The van der Waals surface area contributed by atoms with Gasteiger partial charge in [-0.2, -0.15) is 0 Å². The molecule has 4 atom stereocenters. The molecule has 4 aliphatic rings. The van der Waals surface area contributed by atoms with E-state index in [1.807, 2.05) is 102 Å². The molecule has 1 aliphatic carbocycles. The molecule has 344 valence electrons. The minimum Gasteiger partial charge on any atom is -0.449 e. The maximum absolute atomic E-state index is 15.4. The first-order valence-corrected chi connectivity index (χ1v) is 23.2. The fraction of sp³-hybridized carbons (Fsp3) is 0.250. The van der Waals surface area contributed by atoms with Crippen LogP contribution in [-0.2, 0) is 24.4 Å². The van der Waals surface area contributed by atoms with Gasteiger partial charge in [0.2, 0.25) is 5.91 Å². The molecule has 3 amide bonds. The average molecular weight is 910 g/mol. The van der Waals surface area contributed by atoms with E-state index in [1.54, 1.807) is 19.1 Å². The summed E-state index contributed by atoms with van der Waals surface area (Å²) in [7, 11) is 0. The van der Waals surface area contributed by atoms with Crippen LogP contribution in [0.3, 0.4) is 0 Å². The van der Waals surface area contributed by atoms with Gasteiger partial charge in [-0.15, -0.1) is 0 Å². The highest BCUT2D eigenvalue weighted by Crippen LogP contribution is 2.48. The maximum atomic E-state index is 15.4. The molecule has 3 heterocycles. The summed E-state index contributed by atoms with van der Waals surface area (Å²) < 4.78 is 32.6. The molecular formula is C56H52FN5O6. The predicted octanol–water partition coefficient (Wildman–Crippen LogP) is 9.41. The van der Waals surface area contributed by atoms with Gasteiger partial charge in [0, 0.05) is 43.3 Å². The third-order valence-corrected chi connectivity index (χ3v) is 13.7. The number of allylic oxidation sites excluding steroid dienone is 1. The molecule has 3 aliphatic heterocycles. The zero-order valence-corrected chi connectivity index (χ0v) is 37.7. The second-order valence-electron chi connectivity index (χ2n) is 17.7. The summed E-state index contributed by atoms with van der Waals surface area (Å²) in [6, 6.07) is 50.0. The van der Waals surface area contributed by atoms with Crippen LogP contribution >= 0.6 is 0 Å². The van der Waals surface area contributed by atoms with E-state index in [0.717, 1.165) is 38.9 Å². The van der Waals surface area contributed by atoms with Gasteiger partial charge < -0.3 is 29.7 Å². The Morgan fingerprint density at radius 1 is 0.779 bits per heavy atom. The number of alkyl carbamates (subject to hydrolysis) is 1. The molecule has 2 fully saturated rings. The first kappa shape index (κ1) is 44.3. The molecule has 0 bridgehead atoms. The summed E-state index contributed by atoms with van der Waals surface area (Å²) in [6.07, 6.45) is 1.85. The molecule has 6 aromatic rings. The molecule has 0 spiro atoms. The monoisotopic (exact) mass is 909 g/mol. The SMILES string of the molecule is C[C@H](NC(=O)[C@H](CC1=CC(C(c2ccccc2)(c2ccccc2)c2ccccc2)C=N1)NC(=O)OCC1c2ccccc2-c2ccccc21)[C@H]1CN(c2ccc(N3CCOCC3)c(F)c2)C(=O)O1. The fourth-order valence-electron chi connectivity index (χ4n) is 10.3. The molecule has 2 saturated heterocycles. The smallest absolute Gasteiger partial charge is 0.414 e. The van der Waals surface area contributed by atoms with Crippen molar-refractivity contribution in [2.24, 2.45) is 10.9 Å². The van der Waals surface area contributed by atoms with Crippen molar-refractivity contribution in [2.75, 3.05) is 49.3 Å². The molecule has 2 N–H and O–H groups in total. The van der Waals surface area contributed by atoms with Crippen molar-refractivity contribution in [2.45, 2.75) is 42.9 Å². The number of benzene rings is 6. The second-order valence-corrected chi connectivity index (χ2v) is 17.7. The molecule has 0 saturated carbocycles. The van der Waals surface area contributed by atoms with Crippen LogP contribution in [0, 0.1) is 11.7 Å². The summed E-state index contributed by atoms with van der Waals surface area (Å²) in [5, 5.41) is 5.90. The summed E-state index contributed by atoms with van der Waals surface area (Å²) in [5.74, 6) is -1.43. The predicted molar refractivity (Wildman–Crippen MR) is 261 cm³/mol. The van der Waals surface area contributed by atoms with Crippen LogP contribution < -0.4 is 20.4 Å². The van der Waals surface area contributed by atoms with E-state index in [0.29, 0.717) is 43.4 Å². The van der Waals surface area contributed by atoms with E-state index in [4.69, 9.17) is 19.2 Å². The van der Waals surface area contributed by atoms with Gasteiger partial charge in [0.05, 0.1) is 42.6 Å². The van der Waals surface area contributed by atoms with Crippen molar-refractivity contribution in [3.63, 3.8) is 0 Å². The largest absolute Gasteiger partial charge is 0.449 e. The number of carbonyl (C=O) groups is 3. The number of anilines is 2. The van der Waals surface area contributed by atoms with Crippen LogP contribution in [0.4, 0.5) is 25.4 Å². The number of ether oxygens (including phenoxy) is 3. The zero-order valence-electron chi connectivity index (χ0n) is 37.7. The minimum absolute atomic E-state index is 0.0372. The van der Waals surface area contributed by atoms with Gasteiger partial charge >= 0.3 is 12.2 Å². The van der Waals surface area contributed by atoms with Gasteiger partial charge in [-0.3, -0.25) is 14.7 Å². The van der Waals surface area contributed by atoms with Crippen molar-refractivity contribution in [1.82, 2.24) is 10.6 Å². The summed E-state index contributed by atoms with van der Waals surface area (Å²) in [6.45, 7) is 4.02. The summed E-state index contributed by atoms with van der Waals surface area (Å²) in [5.41, 5.74) is 8.25. The summed E-state index contributed by atoms with van der Waals surface area (Å²) >= 11 is 0. The van der Waals surface area contributed by atoms with E-state index in [9.17, 15) is 14.4 Å². The lowest BCUT2D eigenvalue weighted by atomic mass is 9.62. The zero-order chi connectivity index (χ0) is 46.6. The van der Waals surface area contributed by atoms with Gasteiger partial charge in [-0.05, 0) is 64.1 Å². The number of hydrogen-bond acceptors (Lipinski definition) is 8. The molecular weight excluding hydrogens is 858 g/mol. The normalized spacial score (nSPS) is 18.6. The van der Waals surface area contributed by atoms with Gasteiger partial charge in [0.15, 0.2) is 0 Å². The van der Waals surface area contributed by atoms with Crippen LogP contribution in [0.5, 0.6) is 0 Å². The molecule has 1 unspecified atom stereocenters. The highest BCUT2D eigenvalue weighted by Gasteiger charge is 2.44. The minimum atomic E-state index is -1.13. The Morgan fingerprint density at radius 2 is 1.35 bits per heavy atom. The molecule has 10 rings (SSSR count). The Hall–Kier alpha value is -7.57. The Morgan fingerprint density at radius 3 is 1.94 bits per heavy atom. The lowest BCUT2D eigenvalue weighted by molar-refractivity contribution is -0.124. The summed E-state index contributed by atoms with van der Waals surface area (Å²) in [4.78, 5) is 50.0. The van der Waals surface area contributed by atoms with Crippen molar-refractivity contribution >= 4 is 35.7 Å². The third kappa shape index (κ3) is 8.63. The van der Waals surface area contributed by atoms with Crippen LogP contribution in [0.25, 0.3) is 11.1 Å². The Labute approximate surface area is 395 Å². The highest BCUT2D eigenvalue weighted by atomic mass is 19.1. The topological polar surface area (TPSA) is 122 Å². The Balaban J connectivity index is 0.904. The van der Waals surface area contributed by atoms with E-state index in [-0.39, 0.29) is 31.4 Å². The molecule has 0 radical (unpaired) electrons. The quantitative estimate of drug-likeness (QED) is 0.105. The number of rotatable bonds is 14. The molecule has 6 aromatic carbocycles. The number of cyclic esters (lactones) is 1. The van der Waals surface area contributed by atoms with E-state index in [1.165, 1.54) is 11.0 Å². The van der Waals surface area contributed by atoms with E-state index in [2.05, 4.69) is 65.2 Å². The standard InChI is InChI=1S/C56H52FN5O6/c1-37(52-35-62(55(65)68-52)43-25-26-51(49(57)33-43)61-27-29-66-30-28-61)59-53(63)50(60-54(64)67-36-48-46-23-13-11-21-44(46)45-22-12-14-24-47(45)48)32-42-31-41(34-58-42)56(38-15-5-2-6-16-38,39-17-7-3-8-18-39)40-19-9-4-10-20-40/h2-26,31,33-34,37,41,48,50,52H,27-30,32,35-36H2,1H3,(H,59,63)(H,60,64)/t37-,41?,50-,52+/m0/s1. The maximum Gasteiger partial charge on any atom is 0.414 e. The van der Waals surface area contributed by atoms with Crippen LogP contribution in [0.2, 0.25) is 0 Å². The molecule has 68 heavy (non-hydrogen) atoms. The van der Waals surface area contributed by atoms with Gasteiger partial charge in [0.1, 0.15) is 24.6 Å². The van der Waals surface area contributed by atoms with E-state index >= 15 is 4.39 Å².